The Labute approximate surface area is 193 Å². The van der Waals surface area contributed by atoms with Crippen LogP contribution in [0, 0.1) is 5.92 Å². The molecule has 2 aromatic rings. The fraction of sp³-hybridized carbons (Fsp3) is 0.654. The number of hydrogen-bond donors (Lipinski definition) is 0. The van der Waals surface area contributed by atoms with Gasteiger partial charge in [0.2, 0.25) is 0 Å². The highest BCUT2D eigenvalue weighted by molar-refractivity contribution is 5.65. The van der Waals surface area contributed by atoms with Gasteiger partial charge in [-0.05, 0) is 31.3 Å². The largest absolute Gasteiger partial charge is 0.337 e. The van der Waals surface area contributed by atoms with Crippen LogP contribution in [0.4, 0.5) is 0 Å². The first kappa shape index (κ1) is 33.5. The molecule has 0 bridgehead atoms. The highest BCUT2D eigenvalue weighted by Crippen LogP contribution is 2.15. The van der Waals surface area contributed by atoms with E-state index < -0.39 is 0 Å². The molecule has 0 radical (unpaired) electrons. The van der Waals surface area contributed by atoms with E-state index in [1.54, 1.807) is 6.20 Å². The second kappa shape index (κ2) is 22.5. The van der Waals surface area contributed by atoms with Gasteiger partial charge >= 0.3 is 0 Å². The monoisotopic (exact) mass is 433 g/mol. The quantitative estimate of drug-likeness (QED) is 0.491. The number of aliphatic imine (C=N–C) groups is 1. The van der Waals surface area contributed by atoms with E-state index >= 15 is 0 Å². The molecular formula is C26H51N5. The predicted octanol–water partition coefficient (Wildman–Crippen LogP) is 8.09. The van der Waals surface area contributed by atoms with Crippen LogP contribution in [0.2, 0.25) is 0 Å². The van der Waals surface area contributed by atoms with Crippen LogP contribution >= 0.6 is 0 Å². The molecule has 5 heteroatoms. The van der Waals surface area contributed by atoms with Gasteiger partial charge in [-0.3, -0.25) is 4.99 Å². The minimum absolute atomic E-state index is 0.539. The minimum atomic E-state index is 0.539. The van der Waals surface area contributed by atoms with E-state index in [1.165, 1.54) is 11.3 Å². The summed E-state index contributed by atoms with van der Waals surface area (Å²) in [5, 5.41) is 0. The van der Waals surface area contributed by atoms with Gasteiger partial charge in [-0.2, -0.15) is 0 Å². The molecule has 0 unspecified atom stereocenters. The lowest BCUT2D eigenvalue weighted by atomic mass is 10.0. The average molecular weight is 434 g/mol. The SMILES string of the molecule is CC.CC.CC.CC(C)C1=CN=CC1.CC(C)c1cncn1C.CC(C)n1ccnc1. The highest BCUT2D eigenvalue weighted by Gasteiger charge is 2.03. The number of hydrogen-bond acceptors (Lipinski definition) is 3. The van der Waals surface area contributed by atoms with Crippen molar-refractivity contribution in [3.63, 3.8) is 0 Å². The van der Waals surface area contributed by atoms with E-state index in [9.17, 15) is 0 Å². The summed E-state index contributed by atoms with van der Waals surface area (Å²) in [6.45, 7) is 25.0. The third-order valence-corrected chi connectivity index (χ3v) is 3.98. The molecule has 0 aromatic carbocycles. The number of rotatable bonds is 3. The van der Waals surface area contributed by atoms with Gasteiger partial charge in [0.05, 0.1) is 12.7 Å². The number of imidazole rings is 2. The first-order chi connectivity index (χ1) is 14.8. The lowest BCUT2D eigenvalue weighted by molar-refractivity contribution is 0.600. The van der Waals surface area contributed by atoms with Gasteiger partial charge in [-0.25, -0.2) is 9.97 Å². The summed E-state index contributed by atoms with van der Waals surface area (Å²) in [6.07, 6.45) is 14.3. The number of nitrogens with zero attached hydrogens (tertiary/aromatic N) is 5. The molecule has 3 rings (SSSR count). The van der Waals surface area contributed by atoms with Gasteiger partial charge < -0.3 is 9.13 Å². The van der Waals surface area contributed by atoms with Gasteiger partial charge in [-0.1, -0.05) is 69.2 Å². The fourth-order valence-electron chi connectivity index (χ4n) is 2.24. The van der Waals surface area contributed by atoms with E-state index in [2.05, 4.69) is 61.1 Å². The van der Waals surface area contributed by atoms with Crippen molar-refractivity contribution in [1.29, 1.82) is 0 Å². The maximum atomic E-state index is 4.01. The zero-order valence-corrected chi connectivity index (χ0v) is 22.7. The van der Waals surface area contributed by atoms with Crippen molar-refractivity contribution < 1.29 is 0 Å². The Morgan fingerprint density at radius 2 is 1.39 bits per heavy atom. The van der Waals surface area contributed by atoms with Gasteiger partial charge in [0, 0.05) is 56.2 Å². The van der Waals surface area contributed by atoms with Crippen LogP contribution in [0.25, 0.3) is 0 Å². The lowest BCUT2D eigenvalue weighted by Gasteiger charge is -2.03. The van der Waals surface area contributed by atoms with Gasteiger partial charge in [0.1, 0.15) is 0 Å². The molecule has 5 nitrogen and oxygen atoms in total. The molecule has 0 saturated carbocycles. The van der Waals surface area contributed by atoms with Crippen molar-refractivity contribution in [1.82, 2.24) is 19.1 Å². The van der Waals surface area contributed by atoms with Crippen molar-refractivity contribution in [3.05, 3.63) is 48.7 Å². The fourth-order valence-corrected chi connectivity index (χ4v) is 2.24. The van der Waals surface area contributed by atoms with Crippen LogP contribution in [-0.4, -0.2) is 25.3 Å². The molecule has 0 amide bonds. The first-order valence-corrected chi connectivity index (χ1v) is 12.0. The third-order valence-electron chi connectivity index (χ3n) is 3.98. The second-order valence-electron chi connectivity index (χ2n) is 7.08. The summed E-state index contributed by atoms with van der Waals surface area (Å²) < 4.78 is 4.10. The van der Waals surface area contributed by atoms with E-state index in [1.807, 2.05) is 90.6 Å². The average Bonchev–Trinajstić information content (AvgIpc) is 3.55. The molecule has 3 heterocycles. The highest BCUT2D eigenvalue weighted by atomic mass is 15.0. The van der Waals surface area contributed by atoms with Crippen LogP contribution in [-0.2, 0) is 7.05 Å². The number of aromatic nitrogens is 4. The molecule has 0 atom stereocenters. The summed E-state index contributed by atoms with van der Waals surface area (Å²) in [5.74, 6) is 1.26. The summed E-state index contributed by atoms with van der Waals surface area (Å²) in [5.41, 5.74) is 2.74. The molecular weight excluding hydrogens is 382 g/mol. The van der Waals surface area contributed by atoms with Crippen LogP contribution in [0.1, 0.15) is 107 Å². The van der Waals surface area contributed by atoms with E-state index in [4.69, 9.17) is 0 Å². The van der Waals surface area contributed by atoms with Crippen molar-refractivity contribution in [2.45, 2.75) is 101 Å². The summed E-state index contributed by atoms with van der Waals surface area (Å²) in [6, 6.07) is 0.539. The topological polar surface area (TPSA) is 48.0 Å². The van der Waals surface area contributed by atoms with Crippen molar-refractivity contribution in [2.24, 2.45) is 18.0 Å². The normalized spacial score (nSPS) is 10.9. The number of aryl methyl sites for hydroxylation is 1. The minimum Gasteiger partial charge on any atom is -0.337 e. The van der Waals surface area contributed by atoms with E-state index in [0.29, 0.717) is 17.9 Å². The molecule has 180 valence electrons. The van der Waals surface area contributed by atoms with Crippen LogP contribution in [0.5, 0.6) is 0 Å². The maximum absolute atomic E-state index is 4.01. The Balaban J connectivity index is -0.000000338. The molecule has 2 aromatic heterocycles. The molecule has 0 saturated heterocycles. The maximum Gasteiger partial charge on any atom is 0.0948 e. The Kier molecular flexibility index (Phi) is 24.3. The Morgan fingerprint density at radius 1 is 0.806 bits per heavy atom. The molecule has 0 spiro atoms. The summed E-state index contributed by atoms with van der Waals surface area (Å²) >= 11 is 0. The van der Waals surface area contributed by atoms with Crippen LogP contribution in [0.15, 0.2) is 48.0 Å². The van der Waals surface area contributed by atoms with Gasteiger partial charge in [0.15, 0.2) is 0 Å². The Morgan fingerprint density at radius 3 is 1.58 bits per heavy atom. The van der Waals surface area contributed by atoms with E-state index in [0.717, 1.165) is 6.42 Å². The van der Waals surface area contributed by atoms with Crippen molar-refractivity contribution in [2.75, 3.05) is 0 Å². The standard InChI is InChI=1S/C7H12N2.C7H11N.C6H10N2.3C2H6/c1-6(2)7-4-8-5-9(7)3;1-6(2)7-3-4-8-5-7;1-6(2)8-4-3-7-5-8;3*1-2/h4-6H,1-3H3;4-6H,3H2,1-2H3;3-6H,1-2H3;3*1-2H3. The molecule has 31 heavy (non-hydrogen) atoms. The van der Waals surface area contributed by atoms with Crippen molar-refractivity contribution in [3.8, 4) is 0 Å². The van der Waals surface area contributed by atoms with Gasteiger partial charge in [-0.15, -0.1) is 0 Å². The summed E-state index contributed by atoms with van der Waals surface area (Å²) in [7, 11) is 2.02. The van der Waals surface area contributed by atoms with Crippen molar-refractivity contribution >= 4 is 6.21 Å². The van der Waals surface area contributed by atoms with Gasteiger partial charge in [0.25, 0.3) is 0 Å². The third kappa shape index (κ3) is 16.2. The predicted molar refractivity (Wildman–Crippen MR) is 140 cm³/mol. The molecule has 1 aliphatic heterocycles. The number of allylic oxidation sites excluding steroid dienone is 1. The smallest absolute Gasteiger partial charge is 0.0948 e. The molecule has 0 fully saturated rings. The Hall–Kier alpha value is -2.17. The molecule has 0 N–H and O–H groups in total. The van der Waals surface area contributed by atoms with Crippen LogP contribution in [0.3, 0.4) is 0 Å². The zero-order valence-electron chi connectivity index (χ0n) is 22.7. The first-order valence-electron chi connectivity index (χ1n) is 12.0. The molecule has 1 aliphatic rings. The zero-order chi connectivity index (χ0) is 24.8. The lowest BCUT2D eigenvalue weighted by Crippen LogP contribution is -1.95. The molecule has 0 aliphatic carbocycles. The second-order valence-corrected chi connectivity index (χ2v) is 7.08. The Bertz CT molecular complexity index is 647. The van der Waals surface area contributed by atoms with E-state index in [-0.39, 0.29) is 0 Å². The van der Waals surface area contributed by atoms with Crippen LogP contribution < -0.4 is 0 Å². The summed E-state index contributed by atoms with van der Waals surface area (Å²) in [4.78, 5) is 11.9.